The lowest BCUT2D eigenvalue weighted by atomic mass is 10.2. The first kappa shape index (κ1) is 9.44. The summed E-state index contributed by atoms with van der Waals surface area (Å²) < 4.78 is 10.5. The zero-order valence-corrected chi connectivity index (χ0v) is 9.49. The Morgan fingerprint density at radius 1 is 1.33 bits per heavy atom. The van der Waals surface area contributed by atoms with E-state index in [2.05, 4.69) is 0 Å². The Bertz CT molecular complexity index is 213. The largest absolute Gasteiger partial charge is 0.404 e. The molecule has 0 fully saturated rings. The molecule has 0 heterocycles. The lowest BCUT2D eigenvalue weighted by Gasteiger charge is -2.10. The number of benzene rings is 1. The molecule has 0 aliphatic rings. The van der Waals surface area contributed by atoms with Crippen molar-refractivity contribution in [3.8, 4) is 0 Å². The third-order valence-corrected chi connectivity index (χ3v) is 2.32. The number of hydrogen-bond donors (Lipinski definition) is 0. The minimum Gasteiger partial charge on any atom is -0.404 e. The summed E-state index contributed by atoms with van der Waals surface area (Å²) in [5.74, 6) is 0. The van der Waals surface area contributed by atoms with Crippen LogP contribution in [0.25, 0.3) is 0 Å². The van der Waals surface area contributed by atoms with Crippen molar-refractivity contribution < 1.29 is 9.16 Å². The summed E-state index contributed by atoms with van der Waals surface area (Å²) in [5, 5.41) is 0. The number of rotatable bonds is 4. The van der Waals surface area contributed by atoms with Crippen LogP contribution in [0.1, 0.15) is 12.5 Å². The molecule has 0 saturated carbocycles. The maximum absolute atomic E-state index is 5.39. The lowest BCUT2D eigenvalue weighted by molar-refractivity contribution is -0.0723. The van der Waals surface area contributed by atoms with Crippen LogP contribution in [0.3, 0.4) is 0 Å². The fourth-order valence-corrected chi connectivity index (χ4v) is 0.992. The maximum atomic E-state index is 5.39. The van der Waals surface area contributed by atoms with E-state index in [1.807, 2.05) is 37.3 Å². The molecule has 0 bridgehead atoms. The monoisotopic (exact) mass is 182 g/mol. The molecule has 2 nitrogen and oxygen atoms in total. The van der Waals surface area contributed by atoms with Crippen LogP contribution in [0.15, 0.2) is 30.3 Å². The molecule has 1 aromatic carbocycles. The van der Waals surface area contributed by atoms with Crippen molar-refractivity contribution in [2.24, 2.45) is 0 Å². The Balaban J connectivity index is 2.33. The number of hydrogen-bond acceptors (Lipinski definition) is 2. The molecule has 1 unspecified atom stereocenters. The van der Waals surface area contributed by atoms with Crippen molar-refractivity contribution in [3.63, 3.8) is 0 Å². The molecule has 0 aromatic heterocycles. The first-order chi connectivity index (χ1) is 5.83. The van der Waals surface area contributed by atoms with Gasteiger partial charge in [-0.2, -0.15) is 0 Å². The molecule has 0 amide bonds. The van der Waals surface area contributed by atoms with E-state index in [9.17, 15) is 0 Å². The quantitative estimate of drug-likeness (QED) is 0.507. The van der Waals surface area contributed by atoms with Crippen molar-refractivity contribution in [3.05, 3.63) is 35.9 Å². The highest BCUT2D eigenvalue weighted by molar-refractivity contribution is 5.98. The minimum absolute atomic E-state index is 0.0723. The summed E-state index contributed by atoms with van der Waals surface area (Å²) in [6.45, 7) is 2.54. The van der Waals surface area contributed by atoms with Crippen LogP contribution in [-0.2, 0) is 15.8 Å². The molecule has 3 heteroatoms. The molecule has 0 aliphatic heterocycles. The highest BCUT2D eigenvalue weighted by Crippen LogP contribution is 2.02. The molecular formula is C9H14O2Si. The third kappa shape index (κ3) is 3.17. The Kier molecular flexibility index (Phi) is 4.00. The molecule has 66 valence electrons. The second-order valence-corrected chi connectivity index (χ2v) is 3.07. The Labute approximate surface area is 76.0 Å². The summed E-state index contributed by atoms with van der Waals surface area (Å²) in [7, 11) is 0.724. The molecule has 0 saturated heterocycles. The summed E-state index contributed by atoms with van der Waals surface area (Å²) in [5.41, 5.74) is 1.18. The molecule has 0 spiro atoms. The highest BCUT2D eigenvalue weighted by atomic mass is 28.2. The Morgan fingerprint density at radius 2 is 2.00 bits per heavy atom. The zero-order chi connectivity index (χ0) is 8.81. The van der Waals surface area contributed by atoms with Crippen molar-refractivity contribution in [2.45, 2.75) is 19.8 Å². The van der Waals surface area contributed by atoms with Crippen LogP contribution >= 0.6 is 0 Å². The van der Waals surface area contributed by atoms with Gasteiger partial charge in [-0.1, -0.05) is 30.3 Å². The minimum atomic E-state index is -0.0723. The van der Waals surface area contributed by atoms with Gasteiger partial charge in [0.2, 0.25) is 0 Å². The van der Waals surface area contributed by atoms with Crippen molar-refractivity contribution in [1.82, 2.24) is 0 Å². The van der Waals surface area contributed by atoms with E-state index in [1.165, 1.54) is 5.56 Å². The average molecular weight is 182 g/mol. The van der Waals surface area contributed by atoms with Crippen molar-refractivity contribution >= 4 is 10.5 Å². The fraction of sp³-hybridized carbons (Fsp3) is 0.333. The van der Waals surface area contributed by atoms with E-state index < -0.39 is 0 Å². The van der Waals surface area contributed by atoms with E-state index in [0.717, 1.165) is 10.5 Å². The van der Waals surface area contributed by atoms with Gasteiger partial charge in [0.25, 0.3) is 0 Å². The Hall–Kier alpha value is -0.643. The van der Waals surface area contributed by atoms with Gasteiger partial charge in [0.1, 0.15) is 16.8 Å². The lowest BCUT2D eigenvalue weighted by Crippen LogP contribution is -2.10. The predicted molar refractivity (Wildman–Crippen MR) is 51.7 cm³/mol. The van der Waals surface area contributed by atoms with Crippen molar-refractivity contribution in [1.29, 1.82) is 0 Å². The third-order valence-electron chi connectivity index (χ3n) is 1.66. The standard InChI is InChI=1S/C9H14O2Si/c1-8(11-12)10-7-9-5-3-2-4-6-9/h2-6,8H,7H2,1,12H3. The van der Waals surface area contributed by atoms with Gasteiger partial charge in [-0.25, -0.2) is 0 Å². The van der Waals surface area contributed by atoms with Gasteiger partial charge in [-0.15, -0.1) is 0 Å². The molecule has 0 radical (unpaired) electrons. The smallest absolute Gasteiger partial charge is 0.149 e. The normalized spacial score (nSPS) is 13.1. The predicted octanol–water partition coefficient (Wildman–Crippen LogP) is 0.846. The molecule has 12 heavy (non-hydrogen) atoms. The van der Waals surface area contributed by atoms with Crippen molar-refractivity contribution in [2.75, 3.05) is 0 Å². The first-order valence-corrected chi connectivity index (χ1v) is 4.83. The van der Waals surface area contributed by atoms with Crippen LogP contribution in [0.5, 0.6) is 0 Å². The van der Waals surface area contributed by atoms with Crippen LogP contribution in [0, 0.1) is 0 Å². The summed E-state index contributed by atoms with van der Waals surface area (Å²) in [4.78, 5) is 0. The topological polar surface area (TPSA) is 18.5 Å². The maximum Gasteiger partial charge on any atom is 0.149 e. The molecule has 1 rings (SSSR count). The van der Waals surface area contributed by atoms with E-state index in [1.54, 1.807) is 0 Å². The van der Waals surface area contributed by atoms with Gasteiger partial charge in [0.05, 0.1) is 6.61 Å². The van der Waals surface area contributed by atoms with E-state index >= 15 is 0 Å². The van der Waals surface area contributed by atoms with Crippen LogP contribution in [0.4, 0.5) is 0 Å². The van der Waals surface area contributed by atoms with Crippen LogP contribution in [0.2, 0.25) is 0 Å². The second kappa shape index (κ2) is 5.08. The van der Waals surface area contributed by atoms with Crippen LogP contribution < -0.4 is 0 Å². The SMILES string of the molecule is CC(O[SiH3])OCc1ccccc1. The van der Waals surface area contributed by atoms with E-state index in [0.29, 0.717) is 6.61 Å². The molecule has 0 aliphatic carbocycles. The molecule has 1 atom stereocenters. The number of ether oxygens (including phenoxy) is 1. The van der Waals surface area contributed by atoms with Gasteiger partial charge in [-0.05, 0) is 12.5 Å². The van der Waals surface area contributed by atoms with Crippen LogP contribution in [-0.4, -0.2) is 16.8 Å². The summed E-state index contributed by atoms with van der Waals surface area (Å²) >= 11 is 0. The molecule has 0 N–H and O–H groups in total. The summed E-state index contributed by atoms with van der Waals surface area (Å²) in [6, 6.07) is 10.1. The van der Waals surface area contributed by atoms with Gasteiger partial charge in [0.15, 0.2) is 0 Å². The van der Waals surface area contributed by atoms with E-state index in [4.69, 9.17) is 9.16 Å². The van der Waals surface area contributed by atoms with E-state index in [-0.39, 0.29) is 6.29 Å². The van der Waals surface area contributed by atoms with Gasteiger partial charge >= 0.3 is 0 Å². The molecule has 1 aromatic rings. The average Bonchev–Trinajstić information content (AvgIpc) is 2.16. The first-order valence-electron chi connectivity index (χ1n) is 4.01. The van der Waals surface area contributed by atoms with Gasteiger partial charge < -0.3 is 9.16 Å². The molecular weight excluding hydrogens is 168 g/mol. The highest BCUT2D eigenvalue weighted by Gasteiger charge is 1.97. The second-order valence-electron chi connectivity index (χ2n) is 2.60. The van der Waals surface area contributed by atoms with Gasteiger partial charge in [0, 0.05) is 0 Å². The summed E-state index contributed by atoms with van der Waals surface area (Å²) in [6.07, 6.45) is -0.0723. The Morgan fingerprint density at radius 3 is 2.58 bits per heavy atom. The fourth-order valence-electron chi connectivity index (χ4n) is 0.856. The zero-order valence-electron chi connectivity index (χ0n) is 7.49. The van der Waals surface area contributed by atoms with Gasteiger partial charge in [-0.3, -0.25) is 0 Å².